The molecule has 1 aromatic carbocycles. The SMILES string of the molecule is C=CCc1ccc(-c2noc(C3NN(CC)C4=CC(C)(C)CCC43)n2)cc1C. The van der Waals surface area contributed by atoms with Gasteiger partial charge in [-0.15, -0.1) is 6.58 Å². The predicted molar refractivity (Wildman–Crippen MR) is 111 cm³/mol. The van der Waals surface area contributed by atoms with Gasteiger partial charge in [0.05, 0.1) is 0 Å². The molecule has 148 valence electrons. The fraction of sp³-hybridized carbons (Fsp3) is 0.478. The van der Waals surface area contributed by atoms with Gasteiger partial charge in [-0.25, -0.2) is 5.43 Å². The quantitative estimate of drug-likeness (QED) is 0.744. The van der Waals surface area contributed by atoms with E-state index in [0.717, 1.165) is 24.9 Å². The summed E-state index contributed by atoms with van der Waals surface area (Å²) in [5, 5.41) is 6.53. The van der Waals surface area contributed by atoms with E-state index in [1.54, 1.807) is 0 Å². The van der Waals surface area contributed by atoms with Crippen molar-refractivity contribution in [3.8, 4) is 11.4 Å². The van der Waals surface area contributed by atoms with Crippen LogP contribution in [0.1, 0.15) is 56.7 Å². The third kappa shape index (κ3) is 3.39. The van der Waals surface area contributed by atoms with E-state index in [1.807, 2.05) is 6.08 Å². The summed E-state index contributed by atoms with van der Waals surface area (Å²) >= 11 is 0. The van der Waals surface area contributed by atoms with E-state index in [2.05, 4.69) is 74.1 Å². The van der Waals surface area contributed by atoms with Crippen molar-refractivity contribution in [3.63, 3.8) is 0 Å². The first kappa shape index (κ1) is 18.9. The Morgan fingerprint density at radius 3 is 2.93 bits per heavy atom. The van der Waals surface area contributed by atoms with Crippen molar-refractivity contribution >= 4 is 0 Å². The molecule has 0 saturated carbocycles. The van der Waals surface area contributed by atoms with Gasteiger partial charge in [-0.2, -0.15) is 4.98 Å². The number of hydrogen-bond acceptors (Lipinski definition) is 5. The molecule has 5 heteroatoms. The van der Waals surface area contributed by atoms with Crippen molar-refractivity contribution in [2.24, 2.45) is 11.3 Å². The fourth-order valence-electron chi connectivity index (χ4n) is 4.40. The third-order valence-corrected chi connectivity index (χ3v) is 6.02. The maximum atomic E-state index is 5.72. The van der Waals surface area contributed by atoms with Gasteiger partial charge in [0.15, 0.2) is 0 Å². The summed E-state index contributed by atoms with van der Waals surface area (Å²) in [5.74, 6) is 1.72. The topological polar surface area (TPSA) is 54.2 Å². The Kier molecular flexibility index (Phi) is 4.88. The minimum atomic E-state index is 0.0460. The van der Waals surface area contributed by atoms with Crippen LogP contribution in [0.4, 0.5) is 0 Å². The van der Waals surface area contributed by atoms with Gasteiger partial charge in [0, 0.05) is 23.7 Å². The molecular weight excluding hydrogens is 348 g/mol. The molecule has 2 heterocycles. The lowest BCUT2D eigenvalue weighted by atomic mass is 9.75. The minimum absolute atomic E-state index is 0.0460. The fourth-order valence-corrected chi connectivity index (χ4v) is 4.40. The number of nitrogens with one attached hydrogen (secondary N) is 1. The molecule has 2 unspecified atom stereocenters. The molecule has 0 spiro atoms. The van der Waals surface area contributed by atoms with Crippen LogP contribution in [0.5, 0.6) is 0 Å². The molecule has 1 aliphatic carbocycles. The molecule has 1 N–H and O–H groups in total. The van der Waals surface area contributed by atoms with Gasteiger partial charge >= 0.3 is 0 Å². The molecule has 4 rings (SSSR count). The second-order valence-corrected chi connectivity index (χ2v) is 8.64. The summed E-state index contributed by atoms with van der Waals surface area (Å²) in [4.78, 5) is 4.76. The smallest absolute Gasteiger partial charge is 0.246 e. The summed E-state index contributed by atoms with van der Waals surface area (Å²) in [7, 11) is 0. The molecule has 1 aliphatic heterocycles. The van der Waals surface area contributed by atoms with Crippen LogP contribution in [-0.2, 0) is 6.42 Å². The maximum Gasteiger partial charge on any atom is 0.246 e. The van der Waals surface area contributed by atoms with Gasteiger partial charge in [-0.3, -0.25) is 0 Å². The molecular formula is C23H30N4O. The van der Waals surface area contributed by atoms with Crippen LogP contribution in [0.2, 0.25) is 0 Å². The van der Waals surface area contributed by atoms with Crippen LogP contribution in [0.25, 0.3) is 11.4 Å². The van der Waals surface area contributed by atoms with Crippen LogP contribution in [0.3, 0.4) is 0 Å². The normalized spacial score (nSPS) is 23.4. The summed E-state index contributed by atoms with van der Waals surface area (Å²) < 4.78 is 5.72. The Hall–Kier alpha value is -2.40. The van der Waals surface area contributed by atoms with Crippen LogP contribution >= 0.6 is 0 Å². The number of aryl methyl sites for hydroxylation is 1. The highest BCUT2D eigenvalue weighted by atomic mass is 16.5. The number of nitrogens with zero attached hydrogens (tertiary/aromatic N) is 3. The highest BCUT2D eigenvalue weighted by Crippen LogP contribution is 2.46. The third-order valence-electron chi connectivity index (χ3n) is 6.02. The Morgan fingerprint density at radius 1 is 1.39 bits per heavy atom. The molecule has 1 saturated heterocycles. The summed E-state index contributed by atoms with van der Waals surface area (Å²) in [6.07, 6.45) is 7.50. The average molecular weight is 379 g/mol. The van der Waals surface area contributed by atoms with E-state index < -0.39 is 0 Å². The van der Waals surface area contributed by atoms with E-state index in [9.17, 15) is 0 Å². The molecule has 1 fully saturated rings. The van der Waals surface area contributed by atoms with Crippen molar-refractivity contribution in [2.45, 2.75) is 53.0 Å². The first-order valence-electron chi connectivity index (χ1n) is 10.2. The van der Waals surface area contributed by atoms with E-state index in [-0.39, 0.29) is 11.5 Å². The highest BCUT2D eigenvalue weighted by molar-refractivity contribution is 5.57. The monoisotopic (exact) mass is 378 g/mol. The Morgan fingerprint density at radius 2 is 2.21 bits per heavy atom. The number of aromatic nitrogens is 2. The second kappa shape index (κ2) is 7.21. The first-order valence-corrected chi connectivity index (χ1v) is 10.2. The Labute approximate surface area is 167 Å². The molecule has 0 radical (unpaired) electrons. The average Bonchev–Trinajstić information content (AvgIpc) is 3.27. The number of hydrazine groups is 1. The molecule has 2 aromatic rings. The summed E-state index contributed by atoms with van der Waals surface area (Å²) in [6, 6.07) is 6.36. The van der Waals surface area contributed by atoms with Crippen LogP contribution in [-0.4, -0.2) is 21.7 Å². The van der Waals surface area contributed by atoms with Crippen molar-refractivity contribution < 1.29 is 4.52 Å². The van der Waals surface area contributed by atoms with Crippen LogP contribution in [0.15, 0.2) is 47.2 Å². The maximum absolute atomic E-state index is 5.72. The van der Waals surface area contributed by atoms with E-state index in [4.69, 9.17) is 9.51 Å². The van der Waals surface area contributed by atoms with E-state index >= 15 is 0 Å². The van der Waals surface area contributed by atoms with Crippen molar-refractivity contribution in [1.29, 1.82) is 0 Å². The van der Waals surface area contributed by atoms with Gasteiger partial charge in [0.2, 0.25) is 11.7 Å². The summed E-state index contributed by atoms with van der Waals surface area (Å²) in [5.41, 5.74) is 8.69. The zero-order valence-corrected chi connectivity index (χ0v) is 17.3. The van der Waals surface area contributed by atoms with Crippen molar-refractivity contribution in [1.82, 2.24) is 20.6 Å². The Balaban J connectivity index is 1.61. The molecule has 2 aliphatic rings. The van der Waals surface area contributed by atoms with Gasteiger partial charge in [-0.1, -0.05) is 43.3 Å². The zero-order chi connectivity index (χ0) is 19.9. The lowest BCUT2D eigenvalue weighted by Crippen LogP contribution is -2.31. The van der Waals surface area contributed by atoms with Gasteiger partial charge in [0.1, 0.15) is 6.04 Å². The van der Waals surface area contributed by atoms with Gasteiger partial charge < -0.3 is 9.53 Å². The number of benzene rings is 1. The van der Waals surface area contributed by atoms with Crippen LogP contribution in [0, 0.1) is 18.3 Å². The minimum Gasteiger partial charge on any atom is -0.337 e. The Bertz CT molecular complexity index is 911. The molecule has 0 amide bonds. The first-order chi connectivity index (χ1) is 13.4. The van der Waals surface area contributed by atoms with E-state index in [1.165, 1.54) is 23.2 Å². The standard InChI is InChI=1S/C23H30N4O/c1-6-8-16-9-10-17(13-15(16)3)21-24-22(28-26-21)20-18-11-12-23(4,5)14-19(18)27(7-2)25-20/h6,9-10,13-14,18,20,25H,1,7-8,11-12H2,2-5H3. The van der Waals surface area contributed by atoms with Crippen molar-refractivity contribution in [2.75, 3.05) is 6.54 Å². The number of hydrogen-bond donors (Lipinski definition) is 1. The zero-order valence-electron chi connectivity index (χ0n) is 17.3. The lowest BCUT2D eigenvalue weighted by molar-refractivity contribution is 0.248. The largest absolute Gasteiger partial charge is 0.337 e. The highest BCUT2D eigenvalue weighted by Gasteiger charge is 2.43. The molecule has 28 heavy (non-hydrogen) atoms. The summed E-state index contributed by atoms with van der Waals surface area (Å²) in [6.45, 7) is 13.6. The number of fused-ring (bicyclic) bond motifs is 1. The molecule has 5 nitrogen and oxygen atoms in total. The van der Waals surface area contributed by atoms with E-state index in [0.29, 0.717) is 17.6 Å². The number of rotatable bonds is 5. The molecule has 1 aromatic heterocycles. The lowest BCUT2D eigenvalue weighted by Gasteiger charge is -2.32. The van der Waals surface area contributed by atoms with Crippen molar-refractivity contribution in [3.05, 3.63) is 59.6 Å². The molecule has 2 atom stereocenters. The van der Waals surface area contributed by atoms with Crippen LogP contribution < -0.4 is 5.43 Å². The van der Waals surface area contributed by atoms with Gasteiger partial charge in [-0.05, 0) is 55.7 Å². The second-order valence-electron chi connectivity index (χ2n) is 8.64. The predicted octanol–water partition coefficient (Wildman–Crippen LogP) is 4.97. The molecule has 0 bridgehead atoms. The van der Waals surface area contributed by atoms with Gasteiger partial charge in [0.25, 0.3) is 0 Å². The number of allylic oxidation sites excluding steroid dienone is 2.